The normalized spacial score (nSPS) is 9.95. The summed E-state index contributed by atoms with van der Waals surface area (Å²) >= 11 is 5.99. The van der Waals surface area contributed by atoms with Gasteiger partial charge in [0, 0.05) is 25.5 Å². The smallest absolute Gasteiger partial charge is 0.323 e. The monoisotopic (exact) mass is 289 g/mol. The number of urea groups is 1. The van der Waals surface area contributed by atoms with Crippen molar-refractivity contribution in [3.63, 3.8) is 0 Å². The molecule has 0 radical (unpaired) electrons. The van der Waals surface area contributed by atoms with Crippen LogP contribution in [0.2, 0.25) is 5.02 Å². The highest BCUT2D eigenvalue weighted by Gasteiger charge is 2.06. The molecule has 0 aliphatic heterocycles. The van der Waals surface area contributed by atoms with Crippen molar-refractivity contribution >= 4 is 34.7 Å². The number of hydrogen-bond donors (Lipinski definition) is 2. The average Bonchev–Trinajstić information content (AvgIpc) is 2.41. The number of hydrogen-bond acceptors (Lipinski definition) is 2. The molecule has 2 rings (SSSR count). The van der Waals surface area contributed by atoms with Crippen LogP contribution in [0.3, 0.4) is 0 Å². The zero-order chi connectivity index (χ0) is 14.5. The number of rotatable bonds is 3. The average molecular weight is 290 g/mol. The molecule has 0 unspecified atom stereocenters. The third-order valence-corrected chi connectivity index (χ3v) is 3.07. The van der Waals surface area contributed by atoms with Crippen LogP contribution in [0.4, 0.5) is 21.9 Å². The lowest BCUT2D eigenvalue weighted by Crippen LogP contribution is -2.20. The largest absolute Gasteiger partial charge is 0.378 e. The van der Waals surface area contributed by atoms with Crippen molar-refractivity contribution in [1.29, 1.82) is 0 Å². The van der Waals surface area contributed by atoms with Crippen LogP contribution in [0.5, 0.6) is 0 Å². The molecule has 0 bridgehead atoms. The first-order chi connectivity index (χ1) is 9.56. The van der Waals surface area contributed by atoms with Gasteiger partial charge in [0.1, 0.15) is 0 Å². The molecule has 2 aromatic rings. The molecule has 0 fully saturated rings. The molecule has 104 valence electrons. The molecule has 0 aromatic heterocycles. The predicted molar refractivity (Wildman–Crippen MR) is 84.9 cm³/mol. The van der Waals surface area contributed by atoms with Crippen molar-refractivity contribution in [2.75, 3.05) is 29.6 Å². The highest BCUT2D eigenvalue weighted by molar-refractivity contribution is 6.33. The minimum absolute atomic E-state index is 0.325. The molecular formula is C15H16ClN3O. The molecule has 4 nitrogen and oxygen atoms in total. The highest BCUT2D eigenvalue weighted by atomic mass is 35.5. The third-order valence-electron chi connectivity index (χ3n) is 2.74. The van der Waals surface area contributed by atoms with Crippen molar-refractivity contribution < 1.29 is 4.79 Å². The Bertz CT molecular complexity index is 614. The van der Waals surface area contributed by atoms with Gasteiger partial charge in [-0.3, -0.25) is 0 Å². The molecule has 2 aromatic carbocycles. The Morgan fingerprint density at radius 1 is 1.05 bits per heavy atom. The first kappa shape index (κ1) is 14.2. The number of carbonyl (C=O) groups excluding carboxylic acids is 1. The Labute approximate surface area is 123 Å². The maximum absolute atomic E-state index is 11.9. The molecule has 2 N–H and O–H groups in total. The summed E-state index contributed by atoms with van der Waals surface area (Å²) in [6.07, 6.45) is 0. The fourth-order valence-corrected chi connectivity index (χ4v) is 1.89. The van der Waals surface area contributed by atoms with Crippen LogP contribution in [0.15, 0.2) is 48.5 Å². The Balaban J connectivity index is 2.05. The number of amides is 2. The van der Waals surface area contributed by atoms with Crippen LogP contribution in [-0.4, -0.2) is 20.1 Å². The lowest BCUT2D eigenvalue weighted by atomic mass is 10.2. The number of benzene rings is 2. The second kappa shape index (κ2) is 6.30. The van der Waals surface area contributed by atoms with E-state index < -0.39 is 0 Å². The standard InChI is InChI=1S/C15H16ClN3O/c1-19(2)12-7-5-6-11(10-12)17-15(20)18-14-9-4-3-8-13(14)16/h3-10H,1-2H3,(H2,17,18,20). The topological polar surface area (TPSA) is 44.4 Å². The van der Waals surface area contributed by atoms with E-state index in [9.17, 15) is 4.79 Å². The molecular weight excluding hydrogens is 274 g/mol. The van der Waals surface area contributed by atoms with Crippen molar-refractivity contribution in [2.24, 2.45) is 0 Å². The molecule has 0 saturated heterocycles. The Morgan fingerprint density at radius 3 is 2.50 bits per heavy atom. The van der Waals surface area contributed by atoms with Gasteiger partial charge in [-0.1, -0.05) is 29.8 Å². The fraction of sp³-hybridized carbons (Fsp3) is 0.133. The van der Waals surface area contributed by atoms with Gasteiger partial charge in [-0.05, 0) is 30.3 Å². The van der Waals surface area contributed by atoms with E-state index in [1.54, 1.807) is 12.1 Å². The molecule has 2 amide bonds. The molecule has 5 heteroatoms. The quantitative estimate of drug-likeness (QED) is 0.895. The lowest BCUT2D eigenvalue weighted by Gasteiger charge is -2.14. The Kier molecular flexibility index (Phi) is 4.48. The number of carbonyl (C=O) groups is 1. The van der Waals surface area contributed by atoms with Gasteiger partial charge in [0.2, 0.25) is 0 Å². The van der Waals surface area contributed by atoms with E-state index in [1.165, 1.54) is 0 Å². The molecule has 0 aliphatic rings. The summed E-state index contributed by atoms with van der Waals surface area (Å²) in [6.45, 7) is 0. The molecule has 0 atom stereocenters. The molecule has 0 saturated carbocycles. The van der Waals surface area contributed by atoms with Crippen LogP contribution in [-0.2, 0) is 0 Å². The summed E-state index contributed by atoms with van der Waals surface area (Å²) in [6, 6.07) is 14.4. The molecule has 20 heavy (non-hydrogen) atoms. The summed E-state index contributed by atoms with van der Waals surface area (Å²) < 4.78 is 0. The molecule has 0 heterocycles. The van der Waals surface area contributed by atoms with E-state index in [0.717, 1.165) is 11.4 Å². The number of anilines is 3. The van der Waals surface area contributed by atoms with Gasteiger partial charge < -0.3 is 15.5 Å². The first-order valence-corrected chi connectivity index (χ1v) is 6.54. The zero-order valence-corrected chi connectivity index (χ0v) is 12.1. The highest BCUT2D eigenvalue weighted by Crippen LogP contribution is 2.21. The van der Waals surface area contributed by atoms with E-state index in [0.29, 0.717) is 10.7 Å². The Hall–Kier alpha value is -2.20. The zero-order valence-electron chi connectivity index (χ0n) is 11.4. The van der Waals surface area contributed by atoms with Crippen LogP contribution in [0.25, 0.3) is 0 Å². The first-order valence-electron chi connectivity index (χ1n) is 6.16. The molecule has 0 aliphatic carbocycles. The summed E-state index contributed by atoms with van der Waals surface area (Å²) in [4.78, 5) is 13.9. The molecule has 0 spiro atoms. The summed E-state index contributed by atoms with van der Waals surface area (Å²) in [5, 5.41) is 5.99. The van der Waals surface area contributed by atoms with Gasteiger partial charge in [0.15, 0.2) is 0 Å². The summed E-state index contributed by atoms with van der Waals surface area (Å²) in [7, 11) is 3.89. The van der Waals surface area contributed by atoms with Gasteiger partial charge in [-0.15, -0.1) is 0 Å². The van der Waals surface area contributed by atoms with Crippen LogP contribution in [0, 0.1) is 0 Å². The van der Waals surface area contributed by atoms with Gasteiger partial charge in [-0.25, -0.2) is 4.79 Å². The van der Waals surface area contributed by atoms with Gasteiger partial charge in [0.05, 0.1) is 10.7 Å². The maximum atomic E-state index is 11.9. The van der Waals surface area contributed by atoms with E-state index in [4.69, 9.17) is 11.6 Å². The fourth-order valence-electron chi connectivity index (χ4n) is 1.71. The van der Waals surface area contributed by atoms with Crippen LogP contribution >= 0.6 is 11.6 Å². The minimum Gasteiger partial charge on any atom is -0.378 e. The van der Waals surface area contributed by atoms with E-state index >= 15 is 0 Å². The summed E-state index contributed by atoms with van der Waals surface area (Å²) in [5.41, 5.74) is 2.32. The van der Waals surface area contributed by atoms with Crippen molar-refractivity contribution in [1.82, 2.24) is 0 Å². The van der Waals surface area contributed by atoms with Gasteiger partial charge in [0.25, 0.3) is 0 Å². The van der Waals surface area contributed by atoms with E-state index in [-0.39, 0.29) is 6.03 Å². The van der Waals surface area contributed by atoms with Crippen LogP contribution in [0.1, 0.15) is 0 Å². The van der Waals surface area contributed by atoms with E-state index in [1.807, 2.05) is 55.4 Å². The second-order valence-corrected chi connectivity index (χ2v) is 4.91. The van der Waals surface area contributed by atoms with Crippen LogP contribution < -0.4 is 15.5 Å². The van der Waals surface area contributed by atoms with Crippen molar-refractivity contribution in [3.8, 4) is 0 Å². The number of nitrogens with one attached hydrogen (secondary N) is 2. The predicted octanol–water partition coefficient (Wildman–Crippen LogP) is 4.05. The van der Waals surface area contributed by atoms with E-state index in [2.05, 4.69) is 10.6 Å². The number of para-hydroxylation sites is 1. The summed E-state index contributed by atoms with van der Waals surface area (Å²) in [5.74, 6) is 0. The number of halogens is 1. The Morgan fingerprint density at radius 2 is 1.80 bits per heavy atom. The SMILES string of the molecule is CN(C)c1cccc(NC(=O)Nc2ccccc2Cl)c1. The van der Waals surface area contributed by atoms with Crippen molar-refractivity contribution in [2.45, 2.75) is 0 Å². The van der Waals surface area contributed by atoms with Gasteiger partial charge in [-0.2, -0.15) is 0 Å². The van der Waals surface area contributed by atoms with Gasteiger partial charge >= 0.3 is 6.03 Å². The lowest BCUT2D eigenvalue weighted by molar-refractivity contribution is 0.262. The minimum atomic E-state index is -0.325. The number of nitrogens with zero attached hydrogens (tertiary/aromatic N) is 1. The van der Waals surface area contributed by atoms with Crippen molar-refractivity contribution in [3.05, 3.63) is 53.6 Å². The second-order valence-electron chi connectivity index (χ2n) is 4.50. The maximum Gasteiger partial charge on any atom is 0.323 e. The third kappa shape index (κ3) is 3.65.